The lowest BCUT2D eigenvalue weighted by atomic mass is 10.0. The fourth-order valence-corrected chi connectivity index (χ4v) is 3.69. The van der Waals surface area contributed by atoms with E-state index in [1.165, 1.54) is 13.0 Å². The second kappa shape index (κ2) is 7.31. The van der Waals surface area contributed by atoms with Crippen molar-refractivity contribution in [3.05, 3.63) is 41.6 Å². The number of amides is 1. The van der Waals surface area contributed by atoms with Crippen LogP contribution in [0, 0.1) is 6.92 Å². The molecule has 0 aliphatic carbocycles. The van der Waals surface area contributed by atoms with Crippen LogP contribution in [-0.2, 0) is 0 Å². The Morgan fingerprint density at radius 2 is 2.00 bits per heavy atom. The first-order valence-electron chi connectivity index (χ1n) is 8.96. The van der Waals surface area contributed by atoms with Gasteiger partial charge >= 0.3 is 0 Å². The SMILES string of the molecule is CCCN1CCC(N(C)C(=O)c2cc(C)nc3ccccc23)CC1. The third kappa shape index (κ3) is 3.44. The fraction of sp³-hybridized carbons (Fsp3) is 0.500. The molecule has 2 aromatic rings. The van der Waals surface area contributed by atoms with E-state index in [2.05, 4.69) is 16.8 Å². The van der Waals surface area contributed by atoms with E-state index in [1.807, 2.05) is 49.2 Å². The van der Waals surface area contributed by atoms with Gasteiger partial charge < -0.3 is 9.80 Å². The molecule has 3 rings (SSSR count). The smallest absolute Gasteiger partial charge is 0.254 e. The van der Waals surface area contributed by atoms with Crippen molar-refractivity contribution in [2.24, 2.45) is 0 Å². The highest BCUT2D eigenvalue weighted by Gasteiger charge is 2.26. The molecule has 4 nitrogen and oxygen atoms in total. The molecule has 0 N–H and O–H groups in total. The molecule has 0 unspecified atom stereocenters. The Hall–Kier alpha value is -1.94. The van der Waals surface area contributed by atoms with Crippen LogP contribution in [0.1, 0.15) is 42.2 Å². The van der Waals surface area contributed by atoms with Gasteiger partial charge in [0.2, 0.25) is 0 Å². The standard InChI is InChI=1S/C20H27N3O/c1-4-11-23-12-9-16(10-13-23)22(3)20(24)18-14-15(2)21-19-8-6-5-7-17(18)19/h5-8,14,16H,4,9-13H2,1-3H3. The van der Waals surface area contributed by atoms with E-state index in [0.29, 0.717) is 6.04 Å². The quantitative estimate of drug-likeness (QED) is 0.863. The molecule has 0 saturated carbocycles. The van der Waals surface area contributed by atoms with Crippen LogP contribution in [0.25, 0.3) is 10.9 Å². The largest absolute Gasteiger partial charge is 0.339 e. The van der Waals surface area contributed by atoms with Crippen LogP contribution >= 0.6 is 0 Å². The van der Waals surface area contributed by atoms with Gasteiger partial charge in [0.25, 0.3) is 5.91 Å². The summed E-state index contributed by atoms with van der Waals surface area (Å²) in [5.41, 5.74) is 2.56. The molecule has 1 aliphatic rings. The van der Waals surface area contributed by atoms with E-state index >= 15 is 0 Å². The number of piperidine rings is 1. The lowest BCUT2D eigenvalue weighted by molar-refractivity contribution is 0.0644. The fourth-order valence-electron chi connectivity index (χ4n) is 3.69. The minimum absolute atomic E-state index is 0.116. The molecule has 4 heteroatoms. The van der Waals surface area contributed by atoms with Crippen LogP contribution in [0.15, 0.2) is 30.3 Å². The highest BCUT2D eigenvalue weighted by atomic mass is 16.2. The summed E-state index contributed by atoms with van der Waals surface area (Å²) < 4.78 is 0. The molecule has 1 aliphatic heterocycles. The van der Waals surface area contributed by atoms with E-state index in [9.17, 15) is 4.79 Å². The maximum atomic E-state index is 13.1. The minimum atomic E-state index is 0.116. The maximum Gasteiger partial charge on any atom is 0.254 e. The van der Waals surface area contributed by atoms with Crippen molar-refractivity contribution >= 4 is 16.8 Å². The Balaban J connectivity index is 1.79. The molecule has 0 bridgehead atoms. The van der Waals surface area contributed by atoms with Crippen LogP contribution in [0.4, 0.5) is 0 Å². The molecular formula is C20H27N3O. The second-order valence-corrected chi connectivity index (χ2v) is 6.82. The first kappa shape index (κ1) is 16.9. The van der Waals surface area contributed by atoms with E-state index in [0.717, 1.165) is 48.1 Å². The van der Waals surface area contributed by atoms with Crippen LogP contribution in [0.3, 0.4) is 0 Å². The van der Waals surface area contributed by atoms with Crippen LogP contribution in [0.5, 0.6) is 0 Å². The van der Waals surface area contributed by atoms with Crippen molar-refractivity contribution < 1.29 is 4.79 Å². The van der Waals surface area contributed by atoms with Crippen molar-refractivity contribution in [1.29, 1.82) is 0 Å². The molecule has 0 atom stereocenters. The van der Waals surface area contributed by atoms with Crippen molar-refractivity contribution in [2.45, 2.75) is 39.2 Å². The predicted octanol–water partition coefficient (Wildman–Crippen LogP) is 3.49. The number of fused-ring (bicyclic) bond motifs is 1. The first-order chi connectivity index (χ1) is 11.6. The maximum absolute atomic E-state index is 13.1. The van der Waals surface area contributed by atoms with E-state index < -0.39 is 0 Å². The molecule has 1 amide bonds. The van der Waals surface area contributed by atoms with E-state index in [-0.39, 0.29) is 5.91 Å². The zero-order valence-electron chi connectivity index (χ0n) is 15.0. The molecule has 1 saturated heterocycles. The van der Waals surface area contributed by atoms with E-state index in [1.54, 1.807) is 0 Å². The number of pyridine rings is 1. The van der Waals surface area contributed by atoms with Gasteiger partial charge in [-0.1, -0.05) is 25.1 Å². The number of hydrogen-bond acceptors (Lipinski definition) is 3. The molecule has 24 heavy (non-hydrogen) atoms. The van der Waals surface area contributed by atoms with Crippen LogP contribution in [-0.4, -0.2) is 53.4 Å². The molecule has 1 aromatic carbocycles. The predicted molar refractivity (Wildman–Crippen MR) is 98.3 cm³/mol. The van der Waals surface area contributed by atoms with Crippen molar-refractivity contribution in [3.8, 4) is 0 Å². The van der Waals surface area contributed by atoms with Gasteiger partial charge in [-0.05, 0) is 44.9 Å². The Bertz CT molecular complexity index is 720. The van der Waals surface area contributed by atoms with Crippen LogP contribution < -0.4 is 0 Å². The van der Waals surface area contributed by atoms with Gasteiger partial charge in [0.1, 0.15) is 0 Å². The average Bonchev–Trinajstić information content (AvgIpc) is 2.60. The average molecular weight is 325 g/mol. The van der Waals surface area contributed by atoms with Gasteiger partial charge in [0.05, 0.1) is 11.1 Å². The monoisotopic (exact) mass is 325 g/mol. The molecule has 0 spiro atoms. The molecular weight excluding hydrogens is 298 g/mol. The van der Waals surface area contributed by atoms with Gasteiger partial charge in [-0.3, -0.25) is 9.78 Å². The third-order valence-electron chi connectivity index (χ3n) is 5.04. The number of para-hydroxylation sites is 1. The number of aromatic nitrogens is 1. The van der Waals surface area contributed by atoms with E-state index in [4.69, 9.17) is 0 Å². The summed E-state index contributed by atoms with van der Waals surface area (Å²) in [4.78, 5) is 22.1. The third-order valence-corrected chi connectivity index (χ3v) is 5.04. The van der Waals surface area contributed by atoms with Gasteiger partial charge in [-0.25, -0.2) is 0 Å². The summed E-state index contributed by atoms with van der Waals surface area (Å²) in [5.74, 6) is 0.116. The van der Waals surface area contributed by atoms with Gasteiger partial charge in [0.15, 0.2) is 0 Å². The highest BCUT2D eigenvalue weighted by molar-refractivity contribution is 6.06. The summed E-state index contributed by atoms with van der Waals surface area (Å²) in [7, 11) is 1.95. The zero-order valence-corrected chi connectivity index (χ0v) is 15.0. The summed E-state index contributed by atoms with van der Waals surface area (Å²) in [6.07, 6.45) is 3.32. The van der Waals surface area contributed by atoms with Crippen LogP contribution in [0.2, 0.25) is 0 Å². The normalized spacial score (nSPS) is 16.5. The Morgan fingerprint density at radius 1 is 1.29 bits per heavy atom. The van der Waals surface area contributed by atoms with Crippen molar-refractivity contribution in [2.75, 3.05) is 26.7 Å². The lowest BCUT2D eigenvalue weighted by Crippen LogP contribution is -2.45. The summed E-state index contributed by atoms with van der Waals surface area (Å²) in [6.45, 7) is 7.52. The number of benzene rings is 1. The minimum Gasteiger partial charge on any atom is -0.339 e. The first-order valence-corrected chi connectivity index (χ1v) is 8.96. The topological polar surface area (TPSA) is 36.4 Å². The molecule has 1 aromatic heterocycles. The summed E-state index contributed by atoms with van der Waals surface area (Å²) in [5, 5.41) is 0.948. The molecule has 1 fully saturated rings. The number of likely N-dealkylation sites (tertiary alicyclic amines) is 1. The summed E-state index contributed by atoms with van der Waals surface area (Å²) in [6, 6.07) is 10.2. The van der Waals surface area contributed by atoms with Crippen molar-refractivity contribution in [3.63, 3.8) is 0 Å². The molecule has 0 radical (unpaired) electrons. The Morgan fingerprint density at radius 3 is 2.71 bits per heavy atom. The van der Waals surface area contributed by atoms with Gasteiger partial charge in [0, 0.05) is 37.3 Å². The Kier molecular flexibility index (Phi) is 5.14. The number of carbonyl (C=O) groups excluding carboxylic acids is 1. The molecule has 128 valence electrons. The van der Waals surface area contributed by atoms with Gasteiger partial charge in [-0.15, -0.1) is 0 Å². The molecule has 2 heterocycles. The Labute approximate surface area is 144 Å². The number of nitrogens with zero attached hydrogens (tertiary/aromatic N) is 3. The number of carbonyl (C=O) groups is 1. The number of aryl methyl sites for hydroxylation is 1. The number of rotatable bonds is 4. The second-order valence-electron chi connectivity index (χ2n) is 6.82. The lowest BCUT2D eigenvalue weighted by Gasteiger charge is -2.36. The summed E-state index contributed by atoms with van der Waals surface area (Å²) >= 11 is 0. The van der Waals surface area contributed by atoms with Gasteiger partial charge in [-0.2, -0.15) is 0 Å². The number of hydrogen-bond donors (Lipinski definition) is 0. The highest BCUT2D eigenvalue weighted by Crippen LogP contribution is 2.23. The zero-order chi connectivity index (χ0) is 17.1. The van der Waals surface area contributed by atoms with Crippen molar-refractivity contribution in [1.82, 2.24) is 14.8 Å².